The fourth-order valence-corrected chi connectivity index (χ4v) is 6.03. The molecule has 0 unspecified atom stereocenters. The molecule has 1 fully saturated rings. The van der Waals surface area contributed by atoms with Crippen LogP contribution >= 0.6 is 0 Å². The third-order valence-electron chi connectivity index (χ3n) is 7.97. The molecule has 188 valence electrons. The summed E-state index contributed by atoms with van der Waals surface area (Å²) in [6.45, 7) is 6.74. The first kappa shape index (κ1) is 22.6. The highest BCUT2D eigenvalue weighted by molar-refractivity contribution is 6.31. The topological polar surface area (TPSA) is 81.2 Å². The molecule has 8 heteroatoms. The van der Waals surface area contributed by atoms with E-state index in [0.29, 0.717) is 26.9 Å². The first-order chi connectivity index (χ1) is 18.5. The summed E-state index contributed by atoms with van der Waals surface area (Å²) in [6.07, 6.45) is 0. The van der Waals surface area contributed by atoms with Crippen molar-refractivity contribution in [2.24, 2.45) is 0 Å². The van der Waals surface area contributed by atoms with Crippen LogP contribution in [-0.2, 0) is 0 Å². The molecule has 0 atom stereocenters. The normalized spacial score (nSPS) is 17.8. The maximum Gasteiger partial charge on any atom is 0.281 e. The molecular weight excluding hydrogens is 480 g/mol. The number of hydrazine groups is 1. The van der Waals surface area contributed by atoms with E-state index < -0.39 is 23.6 Å². The smallest absolute Gasteiger partial charge is 0.281 e. The maximum atomic E-state index is 13.9. The van der Waals surface area contributed by atoms with Gasteiger partial charge in [0.05, 0.1) is 22.3 Å². The maximum absolute atomic E-state index is 13.9. The van der Waals surface area contributed by atoms with Crippen LogP contribution in [-0.4, -0.2) is 71.3 Å². The number of carbonyl (C=O) groups is 4. The summed E-state index contributed by atoms with van der Waals surface area (Å²) in [4.78, 5) is 59.6. The van der Waals surface area contributed by atoms with Gasteiger partial charge in [0.1, 0.15) is 0 Å². The van der Waals surface area contributed by atoms with E-state index >= 15 is 0 Å². The van der Waals surface area contributed by atoms with Crippen LogP contribution < -0.4 is 4.90 Å². The van der Waals surface area contributed by atoms with Crippen molar-refractivity contribution < 1.29 is 19.2 Å². The third-order valence-corrected chi connectivity index (χ3v) is 7.97. The zero-order chi connectivity index (χ0) is 26.1. The minimum Gasteiger partial charge on any atom is -0.368 e. The summed E-state index contributed by atoms with van der Waals surface area (Å²) >= 11 is 0. The van der Waals surface area contributed by atoms with Crippen LogP contribution in [0.4, 0.5) is 5.69 Å². The summed E-state index contributed by atoms with van der Waals surface area (Å²) in [5, 5.41) is 4.09. The predicted octanol–water partition coefficient (Wildman–Crippen LogP) is 3.94. The lowest BCUT2D eigenvalue weighted by Crippen LogP contribution is -2.58. The molecular formula is C30H24N4O4. The van der Waals surface area contributed by atoms with Crippen LogP contribution in [0.2, 0.25) is 0 Å². The van der Waals surface area contributed by atoms with Crippen molar-refractivity contribution >= 4 is 50.9 Å². The van der Waals surface area contributed by atoms with Gasteiger partial charge in [-0.25, -0.2) is 0 Å². The molecule has 3 aliphatic rings. The standard InChI is InChI=1S/C30H24N4O4/c1-2-31-14-16-32(17-15-31)24-13-12-23-26-19(24)8-5-11-22(26)29(37)34(30(23)38)33-27(35)20-9-3-6-18-7-4-10-21(25(18)20)28(33)36/h3-13H,2,14-17H2,1H3. The molecule has 0 aliphatic carbocycles. The van der Waals surface area contributed by atoms with Gasteiger partial charge in [0.2, 0.25) is 0 Å². The average Bonchev–Trinajstić information content (AvgIpc) is 2.96. The molecule has 0 spiro atoms. The molecule has 0 aromatic heterocycles. The highest BCUT2D eigenvalue weighted by Gasteiger charge is 2.45. The van der Waals surface area contributed by atoms with Crippen molar-refractivity contribution in [1.82, 2.24) is 14.9 Å². The Bertz CT molecular complexity index is 1650. The second-order valence-corrected chi connectivity index (χ2v) is 9.84. The van der Waals surface area contributed by atoms with E-state index in [9.17, 15) is 19.2 Å². The van der Waals surface area contributed by atoms with Gasteiger partial charge in [-0.2, -0.15) is 10.0 Å². The van der Waals surface area contributed by atoms with Crippen molar-refractivity contribution in [3.8, 4) is 0 Å². The van der Waals surface area contributed by atoms with Gasteiger partial charge in [0, 0.05) is 48.0 Å². The van der Waals surface area contributed by atoms with Gasteiger partial charge in [-0.15, -0.1) is 0 Å². The molecule has 0 bridgehead atoms. The third kappa shape index (κ3) is 3.01. The lowest BCUT2D eigenvalue weighted by Gasteiger charge is -2.38. The Morgan fingerprint density at radius 2 is 1.08 bits per heavy atom. The van der Waals surface area contributed by atoms with E-state index in [2.05, 4.69) is 16.7 Å². The number of amides is 4. The van der Waals surface area contributed by atoms with E-state index in [1.54, 1.807) is 42.5 Å². The molecule has 38 heavy (non-hydrogen) atoms. The van der Waals surface area contributed by atoms with Crippen LogP contribution in [0.15, 0.2) is 66.7 Å². The Hall–Kier alpha value is -4.56. The van der Waals surface area contributed by atoms with Gasteiger partial charge in [-0.1, -0.05) is 43.3 Å². The van der Waals surface area contributed by atoms with Crippen molar-refractivity contribution in [2.75, 3.05) is 37.6 Å². The number of hydrogen-bond acceptors (Lipinski definition) is 6. The van der Waals surface area contributed by atoms with Crippen molar-refractivity contribution in [3.05, 3.63) is 89.0 Å². The first-order valence-electron chi connectivity index (χ1n) is 12.8. The Labute approximate surface area is 218 Å². The van der Waals surface area contributed by atoms with E-state index in [1.165, 1.54) is 0 Å². The highest BCUT2D eigenvalue weighted by Crippen LogP contribution is 2.38. The number of imide groups is 2. The largest absolute Gasteiger partial charge is 0.368 e. The fourth-order valence-electron chi connectivity index (χ4n) is 6.03. The molecule has 0 saturated carbocycles. The Morgan fingerprint density at radius 3 is 1.63 bits per heavy atom. The van der Waals surface area contributed by atoms with Crippen LogP contribution in [0.3, 0.4) is 0 Å². The molecule has 0 N–H and O–H groups in total. The van der Waals surface area contributed by atoms with E-state index in [4.69, 9.17) is 0 Å². The molecule has 3 heterocycles. The van der Waals surface area contributed by atoms with Crippen molar-refractivity contribution in [3.63, 3.8) is 0 Å². The second-order valence-electron chi connectivity index (χ2n) is 9.84. The van der Waals surface area contributed by atoms with Crippen LogP contribution in [0.25, 0.3) is 21.5 Å². The number of hydrogen-bond donors (Lipinski definition) is 0. The Morgan fingerprint density at radius 1 is 0.579 bits per heavy atom. The number of likely N-dealkylation sites (N-methyl/N-ethyl adjacent to an activating group) is 1. The molecule has 0 radical (unpaired) electrons. The molecule has 3 aliphatic heterocycles. The van der Waals surface area contributed by atoms with E-state index in [-0.39, 0.29) is 11.1 Å². The van der Waals surface area contributed by atoms with Crippen LogP contribution in [0, 0.1) is 0 Å². The molecule has 8 nitrogen and oxygen atoms in total. The van der Waals surface area contributed by atoms with E-state index in [1.807, 2.05) is 24.3 Å². The summed E-state index contributed by atoms with van der Waals surface area (Å²) in [5.74, 6) is -2.76. The van der Waals surface area contributed by atoms with E-state index in [0.717, 1.165) is 54.2 Å². The lowest BCUT2D eigenvalue weighted by atomic mass is 9.92. The Kier molecular flexibility index (Phi) is 4.90. The zero-order valence-corrected chi connectivity index (χ0v) is 20.8. The zero-order valence-electron chi connectivity index (χ0n) is 20.8. The summed E-state index contributed by atoms with van der Waals surface area (Å²) in [5.41, 5.74) is 2.13. The number of anilines is 1. The molecule has 4 aromatic rings. The predicted molar refractivity (Wildman–Crippen MR) is 143 cm³/mol. The number of benzene rings is 4. The van der Waals surface area contributed by atoms with Crippen LogP contribution in [0.1, 0.15) is 48.4 Å². The monoisotopic (exact) mass is 504 g/mol. The molecule has 1 saturated heterocycles. The van der Waals surface area contributed by atoms with Gasteiger partial charge in [-0.05, 0) is 42.3 Å². The number of carbonyl (C=O) groups excluding carboxylic acids is 4. The average molecular weight is 505 g/mol. The Balaban J connectivity index is 1.33. The summed E-state index contributed by atoms with van der Waals surface area (Å²) in [6, 6.07) is 19.3. The molecule has 4 aromatic carbocycles. The number of piperazine rings is 1. The minimum atomic E-state index is -0.693. The van der Waals surface area contributed by atoms with Crippen molar-refractivity contribution in [1.29, 1.82) is 0 Å². The fraction of sp³-hybridized carbons (Fsp3) is 0.200. The second kappa shape index (κ2) is 8.22. The SMILES string of the molecule is CCN1CCN(c2ccc3c4c(cccc24)C(=O)N(N2C(=O)c4cccc5cccc(c45)C2=O)C3=O)CC1. The first-order valence-corrected chi connectivity index (χ1v) is 12.8. The summed E-state index contributed by atoms with van der Waals surface area (Å²) < 4.78 is 0. The molecule has 7 rings (SSSR count). The lowest BCUT2D eigenvalue weighted by molar-refractivity contribution is 0.00212. The highest BCUT2D eigenvalue weighted by atomic mass is 16.2. The minimum absolute atomic E-state index is 0.281. The number of nitrogens with zero attached hydrogens (tertiary/aromatic N) is 4. The van der Waals surface area contributed by atoms with Crippen molar-refractivity contribution in [2.45, 2.75) is 6.92 Å². The van der Waals surface area contributed by atoms with Crippen LogP contribution in [0.5, 0.6) is 0 Å². The van der Waals surface area contributed by atoms with Gasteiger partial charge in [-0.3, -0.25) is 19.2 Å². The van der Waals surface area contributed by atoms with Gasteiger partial charge in [0.25, 0.3) is 23.6 Å². The quantitative estimate of drug-likeness (QED) is 0.393. The number of rotatable bonds is 3. The molecule has 4 amide bonds. The van der Waals surface area contributed by atoms with Gasteiger partial charge >= 0.3 is 0 Å². The van der Waals surface area contributed by atoms with Gasteiger partial charge in [0.15, 0.2) is 0 Å². The summed E-state index contributed by atoms with van der Waals surface area (Å²) in [7, 11) is 0. The van der Waals surface area contributed by atoms with Gasteiger partial charge < -0.3 is 9.80 Å².